The van der Waals surface area contributed by atoms with Crippen molar-refractivity contribution in [1.82, 2.24) is 9.38 Å². The molecule has 0 fully saturated rings. The number of hydrogen-bond donors (Lipinski definition) is 1. The zero-order chi connectivity index (χ0) is 10.1. The van der Waals surface area contributed by atoms with E-state index in [0.29, 0.717) is 6.42 Å². The second-order valence-electron chi connectivity index (χ2n) is 3.54. The van der Waals surface area contributed by atoms with Crippen LogP contribution in [-0.2, 0) is 0 Å². The number of rotatable bonds is 2. The van der Waals surface area contributed by atoms with Gasteiger partial charge in [-0.2, -0.15) is 0 Å². The van der Waals surface area contributed by atoms with Gasteiger partial charge >= 0.3 is 0 Å². The summed E-state index contributed by atoms with van der Waals surface area (Å²) in [6.07, 6.45) is 3.98. The Kier molecular flexibility index (Phi) is 2.25. The van der Waals surface area contributed by atoms with Crippen molar-refractivity contribution in [2.75, 3.05) is 0 Å². The second-order valence-corrected chi connectivity index (χ2v) is 3.54. The number of aliphatic hydroxyl groups excluding tert-OH is 1. The van der Waals surface area contributed by atoms with Crippen molar-refractivity contribution < 1.29 is 5.11 Å². The molecule has 0 aromatic carbocycles. The van der Waals surface area contributed by atoms with E-state index in [1.54, 1.807) is 6.20 Å². The maximum atomic E-state index is 9.72. The molecular weight excluding hydrogens is 176 g/mol. The summed E-state index contributed by atoms with van der Waals surface area (Å²) in [5, 5.41) is 9.72. The molecule has 0 aliphatic carbocycles. The van der Waals surface area contributed by atoms with Crippen molar-refractivity contribution in [3.8, 4) is 0 Å². The number of aliphatic hydroxyl groups is 1. The summed E-state index contributed by atoms with van der Waals surface area (Å²) >= 11 is 0. The second kappa shape index (κ2) is 3.42. The van der Waals surface area contributed by atoms with E-state index in [-0.39, 0.29) is 0 Å². The summed E-state index contributed by atoms with van der Waals surface area (Å²) in [7, 11) is 0. The lowest BCUT2D eigenvalue weighted by molar-refractivity contribution is 0.168. The highest BCUT2D eigenvalue weighted by Gasteiger charge is 2.10. The number of pyridine rings is 1. The first kappa shape index (κ1) is 9.21. The fraction of sp³-hybridized carbons (Fsp3) is 0.364. The van der Waals surface area contributed by atoms with Gasteiger partial charge in [0.05, 0.1) is 18.0 Å². The van der Waals surface area contributed by atoms with Gasteiger partial charge in [0.15, 0.2) is 0 Å². The molecular formula is C11H14N2O. The van der Waals surface area contributed by atoms with Gasteiger partial charge in [-0.05, 0) is 31.0 Å². The van der Waals surface area contributed by atoms with Gasteiger partial charge in [-0.3, -0.25) is 0 Å². The first-order valence-electron chi connectivity index (χ1n) is 4.84. The molecule has 1 N–H and O–H groups in total. The van der Waals surface area contributed by atoms with Gasteiger partial charge in [0.1, 0.15) is 5.65 Å². The Morgan fingerprint density at radius 3 is 3.07 bits per heavy atom. The monoisotopic (exact) mass is 190 g/mol. The van der Waals surface area contributed by atoms with E-state index in [0.717, 1.165) is 11.3 Å². The van der Waals surface area contributed by atoms with Crippen molar-refractivity contribution in [2.45, 2.75) is 26.4 Å². The number of aromatic nitrogens is 2. The molecule has 0 spiro atoms. The van der Waals surface area contributed by atoms with Gasteiger partial charge in [-0.25, -0.2) is 4.98 Å². The molecule has 1 atom stereocenters. The van der Waals surface area contributed by atoms with Crippen LogP contribution < -0.4 is 0 Å². The minimum absolute atomic E-state index is 0.423. The summed E-state index contributed by atoms with van der Waals surface area (Å²) in [5.41, 5.74) is 2.94. The standard InChI is InChI=1S/C11H14N2O/c1-3-10(14)9-7-12-11-6-8(2)4-5-13(9)11/h4-7,10,14H,3H2,1-2H3. The first-order chi connectivity index (χ1) is 6.72. The van der Waals surface area contributed by atoms with Crippen molar-refractivity contribution in [3.63, 3.8) is 0 Å². The number of hydrogen-bond acceptors (Lipinski definition) is 2. The highest BCUT2D eigenvalue weighted by molar-refractivity contribution is 5.43. The van der Waals surface area contributed by atoms with Crippen LogP contribution in [0.5, 0.6) is 0 Å². The molecule has 2 heterocycles. The molecule has 0 saturated carbocycles. The molecule has 2 rings (SSSR count). The molecule has 3 nitrogen and oxygen atoms in total. The molecule has 2 aromatic heterocycles. The molecule has 0 radical (unpaired) electrons. The average molecular weight is 190 g/mol. The normalized spacial score (nSPS) is 13.4. The van der Waals surface area contributed by atoms with Crippen LogP contribution in [0, 0.1) is 6.92 Å². The minimum atomic E-state index is -0.423. The molecule has 0 bridgehead atoms. The average Bonchev–Trinajstić information content (AvgIpc) is 2.59. The van der Waals surface area contributed by atoms with Crippen LogP contribution >= 0.6 is 0 Å². The third-order valence-electron chi connectivity index (χ3n) is 2.43. The third-order valence-corrected chi connectivity index (χ3v) is 2.43. The van der Waals surface area contributed by atoms with E-state index in [1.165, 1.54) is 5.56 Å². The van der Waals surface area contributed by atoms with Crippen molar-refractivity contribution in [1.29, 1.82) is 0 Å². The third kappa shape index (κ3) is 1.40. The number of imidazole rings is 1. The van der Waals surface area contributed by atoms with Crippen LogP contribution in [0.15, 0.2) is 24.5 Å². The van der Waals surface area contributed by atoms with E-state index in [1.807, 2.05) is 36.6 Å². The Bertz CT molecular complexity index is 447. The minimum Gasteiger partial charge on any atom is -0.387 e. The Hall–Kier alpha value is -1.35. The van der Waals surface area contributed by atoms with Gasteiger partial charge in [0.25, 0.3) is 0 Å². The molecule has 0 amide bonds. The Balaban J connectivity index is 2.58. The smallest absolute Gasteiger partial charge is 0.137 e. The van der Waals surface area contributed by atoms with E-state index < -0.39 is 6.10 Å². The summed E-state index contributed by atoms with van der Waals surface area (Å²) in [6.45, 7) is 3.99. The van der Waals surface area contributed by atoms with Gasteiger partial charge < -0.3 is 9.51 Å². The van der Waals surface area contributed by atoms with Gasteiger partial charge in [-0.15, -0.1) is 0 Å². The zero-order valence-electron chi connectivity index (χ0n) is 8.44. The van der Waals surface area contributed by atoms with Crippen LogP contribution in [0.2, 0.25) is 0 Å². The molecule has 0 aliphatic rings. The van der Waals surface area contributed by atoms with Crippen molar-refractivity contribution in [2.24, 2.45) is 0 Å². The summed E-state index contributed by atoms with van der Waals surface area (Å²) in [5.74, 6) is 0. The van der Waals surface area contributed by atoms with Crippen LogP contribution in [0.1, 0.15) is 30.7 Å². The lowest BCUT2D eigenvalue weighted by Crippen LogP contribution is -1.99. The number of nitrogens with zero attached hydrogens (tertiary/aromatic N) is 2. The molecule has 2 aromatic rings. The van der Waals surface area contributed by atoms with Crippen LogP contribution in [-0.4, -0.2) is 14.5 Å². The quantitative estimate of drug-likeness (QED) is 0.787. The van der Waals surface area contributed by atoms with Crippen LogP contribution in [0.4, 0.5) is 0 Å². The summed E-state index contributed by atoms with van der Waals surface area (Å²) in [6, 6.07) is 4.02. The molecule has 0 saturated heterocycles. The predicted octanol–water partition coefficient (Wildman–Crippen LogP) is 2.09. The number of fused-ring (bicyclic) bond motifs is 1. The fourth-order valence-electron chi connectivity index (χ4n) is 1.56. The van der Waals surface area contributed by atoms with Crippen molar-refractivity contribution >= 4 is 5.65 Å². The molecule has 3 heteroatoms. The predicted molar refractivity (Wildman–Crippen MR) is 55.2 cm³/mol. The largest absolute Gasteiger partial charge is 0.387 e. The van der Waals surface area contributed by atoms with E-state index in [9.17, 15) is 5.11 Å². The SMILES string of the molecule is CCC(O)c1cnc2cc(C)ccn12. The van der Waals surface area contributed by atoms with Gasteiger partial charge in [0.2, 0.25) is 0 Å². The summed E-state index contributed by atoms with van der Waals surface area (Å²) < 4.78 is 1.93. The van der Waals surface area contributed by atoms with E-state index in [2.05, 4.69) is 4.98 Å². The van der Waals surface area contributed by atoms with Crippen LogP contribution in [0.25, 0.3) is 5.65 Å². The van der Waals surface area contributed by atoms with E-state index in [4.69, 9.17) is 0 Å². The molecule has 74 valence electrons. The molecule has 14 heavy (non-hydrogen) atoms. The topological polar surface area (TPSA) is 37.5 Å². The first-order valence-corrected chi connectivity index (χ1v) is 4.84. The fourth-order valence-corrected chi connectivity index (χ4v) is 1.56. The Morgan fingerprint density at radius 2 is 2.36 bits per heavy atom. The number of aryl methyl sites for hydroxylation is 1. The Morgan fingerprint density at radius 1 is 1.57 bits per heavy atom. The highest BCUT2D eigenvalue weighted by Crippen LogP contribution is 2.18. The Labute approximate surface area is 83.0 Å². The molecule has 0 aliphatic heterocycles. The highest BCUT2D eigenvalue weighted by atomic mass is 16.3. The lowest BCUT2D eigenvalue weighted by atomic mass is 10.2. The zero-order valence-corrected chi connectivity index (χ0v) is 8.44. The molecule has 1 unspecified atom stereocenters. The maximum absolute atomic E-state index is 9.72. The van der Waals surface area contributed by atoms with Gasteiger partial charge in [-0.1, -0.05) is 6.92 Å². The maximum Gasteiger partial charge on any atom is 0.137 e. The van der Waals surface area contributed by atoms with Crippen molar-refractivity contribution in [3.05, 3.63) is 35.8 Å². The van der Waals surface area contributed by atoms with E-state index >= 15 is 0 Å². The van der Waals surface area contributed by atoms with Gasteiger partial charge in [0, 0.05) is 6.20 Å². The lowest BCUT2D eigenvalue weighted by Gasteiger charge is -2.06. The summed E-state index contributed by atoms with van der Waals surface area (Å²) in [4.78, 5) is 4.25. The van der Waals surface area contributed by atoms with Crippen LogP contribution in [0.3, 0.4) is 0 Å².